The van der Waals surface area contributed by atoms with Crippen LogP contribution in [0, 0.1) is 0 Å². The summed E-state index contributed by atoms with van der Waals surface area (Å²) in [6.07, 6.45) is 5.00. The van der Waals surface area contributed by atoms with Gasteiger partial charge in [-0.15, -0.1) is 0 Å². The number of benzene rings is 1. The van der Waals surface area contributed by atoms with E-state index in [9.17, 15) is 5.11 Å². The van der Waals surface area contributed by atoms with E-state index in [1.807, 2.05) is 18.2 Å². The van der Waals surface area contributed by atoms with E-state index >= 15 is 0 Å². The van der Waals surface area contributed by atoms with Crippen LogP contribution in [-0.4, -0.2) is 23.4 Å². The summed E-state index contributed by atoms with van der Waals surface area (Å²) in [6.45, 7) is 5.35. The van der Waals surface area contributed by atoms with Gasteiger partial charge in [-0.2, -0.15) is 0 Å². The van der Waals surface area contributed by atoms with Gasteiger partial charge in [-0.3, -0.25) is 0 Å². The summed E-state index contributed by atoms with van der Waals surface area (Å²) in [5.74, 6) is 0.656. The lowest BCUT2D eigenvalue weighted by atomic mass is 9.85. The van der Waals surface area contributed by atoms with Crippen LogP contribution in [-0.2, 0) is 6.54 Å². The third-order valence-corrected chi connectivity index (χ3v) is 4.29. The lowest BCUT2D eigenvalue weighted by Gasteiger charge is -2.31. The van der Waals surface area contributed by atoms with Gasteiger partial charge in [-0.25, -0.2) is 0 Å². The average Bonchev–Trinajstić information content (AvgIpc) is 2.45. The molecule has 3 nitrogen and oxygen atoms in total. The first-order valence-electron chi connectivity index (χ1n) is 7.85. The molecule has 118 valence electrons. The van der Waals surface area contributed by atoms with E-state index in [1.165, 1.54) is 6.42 Å². The molecule has 1 saturated carbocycles. The van der Waals surface area contributed by atoms with Gasteiger partial charge in [-0.05, 0) is 30.5 Å². The van der Waals surface area contributed by atoms with Gasteiger partial charge >= 0.3 is 0 Å². The zero-order valence-electron chi connectivity index (χ0n) is 13.0. The smallest absolute Gasteiger partial charge is 0.138 e. The molecule has 2 N–H and O–H groups in total. The summed E-state index contributed by atoms with van der Waals surface area (Å²) in [5, 5.41) is 14.4. The Morgan fingerprint density at radius 1 is 1.29 bits per heavy atom. The van der Waals surface area contributed by atoms with Crippen LogP contribution in [0.25, 0.3) is 0 Å². The van der Waals surface area contributed by atoms with Crippen molar-refractivity contribution in [2.24, 2.45) is 0 Å². The number of hydrogen-bond acceptors (Lipinski definition) is 3. The fourth-order valence-corrected chi connectivity index (χ4v) is 2.92. The Labute approximate surface area is 132 Å². The molecule has 1 aromatic carbocycles. The molecule has 2 rings (SSSR count). The third-order valence-electron chi connectivity index (χ3n) is 3.99. The molecule has 4 heteroatoms. The van der Waals surface area contributed by atoms with Gasteiger partial charge in [0.05, 0.1) is 10.6 Å². The molecule has 1 aliphatic rings. The van der Waals surface area contributed by atoms with Gasteiger partial charge in [0.15, 0.2) is 0 Å². The first kappa shape index (κ1) is 16.6. The Bertz CT molecular complexity index is 456. The van der Waals surface area contributed by atoms with Crippen molar-refractivity contribution in [3.05, 3.63) is 28.8 Å². The molecule has 0 spiro atoms. The van der Waals surface area contributed by atoms with Crippen LogP contribution in [0.3, 0.4) is 0 Å². The topological polar surface area (TPSA) is 41.5 Å². The number of nitrogens with one attached hydrogen (secondary N) is 1. The van der Waals surface area contributed by atoms with Crippen LogP contribution < -0.4 is 10.1 Å². The zero-order valence-corrected chi connectivity index (χ0v) is 13.7. The van der Waals surface area contributed by atoms with Gasteiger partial charge in [0, 0.05) is 12.6 Å². The third kappa shape index (κ3) is 5.17. The number of rotatable bonds is 6. The SMILES string of the molecule is CC(C)NCc1ccc(OCC2(O)CCCCC2)c(Cl)c1. The molecule has 0 heterocycles. The van der Waals surface area contributed by atoms with E-state index in [2.05, 4.69) is 19.2 Å². The molecule has 21 heavy (non-hydrogen) atoms. The monoisotopic (exact) mass is 311 g/mol. The van der Waals surface area contributed by atoms with Crippen LogP contribution in [0.1, 0.15) is 51.5 Å². The minimum atomic E-state index is -0.681. The molecule has 0 amide bonds. The second-order valence-electron chi connectivity index (χ2n) is 6.37. The number of ether oxygens (including phenoxy) is 1. The summed E-state index contributed by atoms with van der Waals surface area (Å²) >= 11 is 6.27. The van der Waals surface area contributed by atoms with Crippen LogP contribution in [0.4, 0.5) is 0 Å². The molecular weight excluding hydrogens is 286 g/mol. The van der Waals surface area contributed by atoms with Crippen molar-refractivity contribution in [3.8, 4) is 5.75 Å². The lowest BCUT2D eigenvalue weighted by Crippen LogP contribution is -2.37. The van der Waals surface area contributed by atoms with Crippen molar-refractivity contribution in [1.29, 1.82) is 0 Å². The highest BCUT2D eigenvalue weighted by Gasteiger charge is 2.30. The molecule has 1 aliphatic carbocycles. The Balaban J connectivity index is 1.91. The molecule has 1 aromatic rings. The molecule has 1 fully saturated rings. The quantitative estimate of drug-likeness (QED) is 0.837. The maximum Gasteiger partial charge on any atom is 0.138 e. The van der Waals surface area contributed by atoms with Gasteiger partial charge in [0.2, 0.25) is 0 Å². The molecule has 0 aliphatic heterocycles. The van der Waals surface area contributed by atoms with E-state index in [1.54, 1.807) is 0 Å². The van der Waals surface area contributed by atoms with Crippen LogP contribution >= 0.6 is 11.6 Å². The van der Waals surface area contributed by atoms with Crippen molar-refractivity contribution < 1.29 is 9.84 Å². The number of halogens is 1. The Morgan fingerprint density at radius 2 is 2.00 bits per heavy atom. The lowest BCUT2D eigenvalue weighted by molar-refractivity contribution is -0.0338. The highest BCUT2D eigenvalue weighted by atomic mass is 35.5. The van der Waals surface area contributed by atoms with Crippen molar-refractivity contribution >= 4 is 11.6 Å². The molecular formula is C17H26ClNO2. The number of aliphatic hydroxyl groups is 1. The standard InChI is InChI=1S/C17H26ClNO2/c1-13(2)19-11-14-6-7-16(15(18)10-14)21-12-17(20)8-4-3-5-9-17/h6-7,10,13,19-20H,3-5,8-9,11-12H2,1-2H3. The normalized spacial score (nSPS) is 18.0. The Kier molecular flexibility index (Phi) is 5.91. The summed E-state index contributed by atoms with van der Waals surface area (Å²) in [4.78, 5) is 0. The van der Waals surface area contributed by atoms with Crippen molar-refractivity contribution in [2.75, 3.05) is 6.61 Å². The molecule has 0 aromatic heterocycles. The average molecular weight is 312 g/mol. The molecule has 0 saturated heterocycles. The van der Waals surface area contributed by atoms with E-state index in [0.29, 0.717) is 23.4 Å². The summed E-state index contributed by atoms with van der Waals surface area (Å²) in [5.41, 5.74) is 0.455. The predicted molar refractivity (Wildman–Crippen MR) is 87.0 cm³/mol. The van der Waals surface area contributed by atoms with Crippen LogP contribution in [0.5, 0.6) is 5.75 Å². The van der Waals surface area contributed by atoms with Crippen molar-refractivity contribution in [2.45, 2.75) is 64.1 Å². The van der Waals surface area contributed by atoms with E-state index in [0.717, 1.165) is 37.8 Å². The molecule has 0 bridgehead atoms. The highest BCUT2D eigenvalue weighted by molar-refractivity contribution is 6.32. The van der Waals surface area contributed by atoms with E-state index in [4.69, 9.17) is 16.3 Å². The van der Waals surface area contributed by atoms with E-state index < -0.39 is 5.60 Å². The molecule has 0 atom stereocenters. The van der Waals surface area contributed by atoms with Crippen LogP contribution in [0.15, 0.2) is 18.2 Å². The first-order valence-corrected chi connectivity index (χ1v) is 8.23. The fourth-order valence-electron chi connectivity index (χ4n) is 2.66. The van der Waals surface area contributed by atoms with E-state index in [-0.39, 0.29) is 0 Å². The largest absolute Gasteiger partial charge is 0.489 e. The van der Waals surface area contributed by atoms with Crippen molar-refractivity contribution in [1.82, 2.24) is 5.32 Å². The second-order valence-corrected chi connectivity index (χ2v) is 6.78. The minimum Gasteiger partial charge on any atom is -0.489 e. The van der Waals surface area contributed by atoms with Gasteiger partial charge in [0.25, 0.3) is 0 Å². The maximum absolute atomic E-state index is 10.4. The zero-order chi connectivity index (χ0) is 15.3. The first-order chi connectivity index (χ1) is 9.98. The number of hydrogen-bond donors (Lipinski definition) is 2. The predicted octanol–water partition coefficient (Wildman–Crippen LogP) is 3.91. The van der Waals surface area contributed by atoms with Gasteiger partial charge in [-0.1, -0.05) is 50.8 Å². The van der Waals surface area contributed by atoms with Gasteiger partial charge in [0.1, 0.15) is 12.4 Å². The highest BCUT2D eigenvalue weighted by Crippen LogP contribution is 2.31. The second kappa shape index (κ2) is 7.48. The minimum absolute atomic E-state index is 0.330. The fraction of sp³-hybridized carbons (Fsp3) is 0.647. The summed E-state index contributed by atoms with van der Waals surface area (Å²) in [7, 11) is 0. The van der Waals surface area contributed by atoms with Crippen LogP contribution in [0.2, 0.25) is 5.02 Å². The summed E-state index contributed by atoms with van der Waals surface area (Å²) in [6, 6.07) is 6.28. The Morgan fingerprint density at radius 3 is 2.62 bits per heavy atom. The summed E-state index contributed by atoms with van der Waals surface area (Å²) < 4.78 is 5.76. The Hall–Kier alpha value is -0.770. The molecule has 0 unspecified atom stereocenters. The van der Waals surface area contributed by atoms with Gasteiger partial charge < -0.3 is 15.2 Å². The molecule has 0 radical (unpaired) electrons. The van der Waals surface area contributed by atoms with Crippen molar-refractivity contribution in [3.63, 3.8) is 0 Å². The maximum atomic E-state index is 10.4.